The van der Waals surface area contributed by atoms with Crippen molar-refractivity contribution in [3.63, 3.8) is 0 Å². The third-order valence-electron chi connectivity index (χ3n) is 5.30. The molecule has 6 nitrogen and oxygen atoms in total. The van der Waals surface area contributed by atoms with Crippen molar-refractivity contribution < 1.29 is 19.4 Å². The molecule has 1 aliphatic carbocycles. The molecule has 2 aliphatic rings. The lowest BCUT2D eigenvalue weighted by molar-refractivity contribution is 0.0591. The molecule has 134 valence electrons. The minimum absolute atomic E-state index is 0.225. The topological polar surface area (TPSA) is 79.7 Å². The molecule has 1 atom stereocenters. The smallest absolute Gasteiger partial charge is 0.262 e. The van der Waals surface area contributed by atoms with E-state index in [2.05, 4.69) is 4.98 Å². The van der Waals surface area contributed by atoms with Crippen molar-refractivity contribution in [1.29, 1.82) is 0 Å². The second kappa shape index (κ2) is 6.21. The lowest BCUT2D eigenvalue weighted by atomic mass is 9.80. The highest BCUT2D eigenvalue weighted by atomic mass is 16.5. The molecule has 0 bridgehead atoms. The Kier molecular flexibility index (Phi) is 4.00. The van der Waals surface area contributed by atoms with Crippen molar-refractivity contribution in [2.75, 3.05) is 7.11 Å². The number of benzene rings is 1. The summed E-state index contributed by atoms with van der Waals surface area (Å²) in [5.74, 6) is 0.0354. The molecule has 0 unspecified atom stereocenters. The van der Waals surface area contributed by atoms with Crippen molar-refractivity contribution in [3.05, 3.63) is 58.8 Å². The summed E-state index contributed by atoms with van der Waals surface area (Å²) in [5, 5.41) is 9.50. The van der Waals surface area contributed by atoms with Gasteiger partial charge in [0.15, 0.2) is 0 Å². The number of aromatic nitrogens is 1. The van der Waals surface area contributed by atoms with E-state index in [1.54, 1.807) is 31.2 Å². The molecule has 1 aromatic heterocycles. The number of aliphatic hydroxyl groups excluding tert-OH is 1. The predicted octanol–water partition coefficient (Wildman–Crippen LogP) is 2.69. The Balaban J connectivity index is 1.65. The second-order valence-electron chi connectivity index (χ2n) is 6.86. The van der Waals surface area contributed by atoms with Gasteiger partial charge >= 0.3 is 0 Å². The number of nitrogens with zero attached hydrogens (tertiary/aromatic N) is 2. The molecule has 1 N–H and O–H groups in total. The van der Waals surface area contributed by atoms with Crippen LogP contribution in [0.1, 0.15) is 63.7 Å². The molecular weight excluding hydrogens is 332 g/mol. The van der Waals surface area contributed by atoms with Crippen LogP contribution < -0.4 is 4.74 Å². The van der Waals surface area contributed by atoms with Crippen LogP contribution in [0.4, 0.5) is 0 Å². The molecule has 1 fully saturated rings. The lowest BCUT2D eigenvalue weighted by Gasteiger charge is -2.31. The molecule has 0 spiro atoms. The number of rotatable bonds is 4. The van der Waals surface area contributed by atoms with Crippen LogP contribution in [0.2, 0.25) is 0 Å². The van der Waals surface area contributed by atoms with Crippen LogP contribution in [0.25, 0.3) is 0 Å². The Morgan fingerprint density at radius 2 is 1.73 bits per heavy atom. The third kappa shape index (κ3) is 2.49. The molecule has 2 heterocycles. The summed E-state index contributed by atoms with van der Waals surface area (Å²) in [6.45, 7) is 1.80. The number of imide groups is 1. The normalized spacial score (nSPS) is 22.8. The molecular formula is C20H20N2O4. The molecule has 2 amide bonds. The molecule has 6 heteroatoms. The van der Waals surface area contributed by atoms with Crippen LogP contribution in [-0.4, -0.2) is 40.0 Å². The average Bonchev–Trinajstić information content (AvgIpc) is 2.89. The standard InChI is InChI=1S/C20H20N2O4/c1-11(22-19(24)15-5-3-4-6-16(15)20(22)25)14-7-8-17(21-18(14)26-2)12-9-13(23)10-12/h3-8,11-13,23H,9-10H2,1-2H3/t11-,12?,13?/m0/s1. The maximum absolute atomic E-state index is 12.7. The van der Waals surface area contributed by atoms with Crippen LogP contribution in [-0.2, 0) is 0 Å². The zero-order valence-electron chi connectivity index (χ0n) is 14.7. The molecule has 2 aromatic rings. The number of ether oxygens (including phenoxy) is 1. The van der Waals surface area contributed by atoms with Crippen molar-refractivity contribution in [1.82, 2.24) is 9.88 Å². The van der Waals surface area contributed by atoms with Gasteiger partial charge in [0.2, 0.25) is 5.88 Å². The van der Waals surface area contributed by atoms with Crippen LogP contribution in [0, 0.1) is 0 Å². The van der Waals surface area contributed by atoms with Gasteiger partial charge in [-0.3, -0.25) is 14.5 Å². The molecule has 0 saturated heterocycles. The van der Waals surface area contributed by atoms with Gasteiger partial charge in [-0.05, 0) is 44.0 Å². The molecule has 4 rings (SSSR count). The van der Waals surface area contributed by atoms with Gasteiger partial charge in [0.1, 0.15) is 0 Å². The van der Waals surface area contributed by atoms with E-state index in [1.165, 1.54) is 12.0 Å². The highest BCUT2D eigenvalue weighted by Gasteiger charge is 2.40. The average molecular weight is 352 g/mol. The molecule has 1 aromatic carbocycles. The first-order valence-corrected chi connectivity index (χ1v) is 8.71. The summed E-state index contributed by atoms with van der Waals surface area (Å²) in [7, 11) is 1.53. The van der Waals surface area contributed by atoms with E-state index in [0.29, 0.717) is 35.4 Å². The van der Waals surface area contributed by atoms with Gasteiger partial charge < -0.3 is 9.84 Å². The highest BCUT2D eigenvalue weighted by Crippen LogP contribution is 2.39. The zero-order valence-corrected chi connectivity index (χ0v) is 14.7. The van der Waals surface area contributed by atoms with Gasteiger partial charge in [-0.25, -0.2) is 4.98 Å². The fourth-order valence-corrected chi connectivity index (χ4v) is 3.70. The first-order valence-electron chi connectivity index (χ1n) is 8.71. The quantitative estimate of drug-likeness (QED) is 0.856. The Labute approximate surface area is 151 Å². The van der Waals surface area contributed by atoms with Crippen LogP contribution in [0.5, 0.6) is 5.88 Å². The van der Waals surface area contributed by atoms with Gasteiger partial charge in [0, 0.05) is 17.2 Å². The maximum Gasteiger partial charge on any atom is 0.262 e. The third-order valence-corrected chi connectivity index (χ3v) is 5.30. The maximum atomic E-state index is 12.7. The fraction of sp³-hybridized carbons (Fsp3) is 0.350. The van der Waals surface area contributed by atoms with Gasteiger partial charge in [0.25, 0.3) is 11.8 Å². The predicted molar refractivity (Wildman–Crippen MR) is 94.1 cm³/mol. The van der Waals surface area contributed by atoms with Gasteiger partial charge in [-0.15, -0.1) is 0 Å². The number of amides is 2. The van der Waals surface area contributed by atoms with Gasteiger partial charge in [-0.1, -0.05) is 12.1 Å². The second-order valence-corrected chi connectivity index (χ2v) is 6.86. The van der Waals surface area contributed by atoms with E-state index in [9.17, 15) is 14.7 Å². The number of carbonyl (C=O) groups is 2. The Morgan fingerprint density at radius 3 is 2.27 bits per heavy atom. The van der Waals surface area contributed by atoms with Crippen molar-refractivity contribution in [3.8, 4) is 5.88 Å². The van der Waals surface area contributed by atoms with Crippen LogP contribution >= 0.6 is 0 Å². The summed E-state index contributed by atoms with van der Waals surface area (Å²) < 4.78 is 5.44. The highest BCUT2D eigenvalue weighted by molar-refractivity contribution is 6.21. The number of hydrogen-bond acceptors (Lipinski definition) is 5. The Bertz CT molecular complexity index is 854. The van der Waals surface area contributed by atoms with Crippen molar-refractivity contribution in [2.45, 2.75) is 37.8 Å². The number of aliphatic hydroxyl groups is 1. The molecule has 1 saturated carbocycles. The summed E-state index contributed by atoms with van der Waals surface area (Å²) in [4.78, 5) is 31.2. The Morgan fingerprint density at radius 1 is 1.12 bits per heavy atom. The van der Waals surface area contributed by atoms with E-state index < -0.39 is 6.04 Å². The van der Waals surface area contributed by atoms with E-state index in [-0.39, 0.29) is 23.8 Å². The molecule has 26 heavy (non-hydrogen) atoms. The summed E-state index contributed by atoms with van der Waals surface area (Å²) >= 11 is 0. The monoisotopic (exact) mass is 352 g/mol. The van der Waals surface area contributed by atoms with Crippen LogP contribution in [0.15, 0.2) is 36.4 Å². The van der Waals surface area contributed by atoms with E-state index in [1.807, 2.05) is 12.1 Å². The number of carbonyl (C=O) groups excluding carboxylic acids is 2. The van der Waals surface area contributed by atoms with E-state index in [0.717, 1.165) is 5.69 Å². The lowest BCUT2D eigenvalue weighted by Crippen LogP contribution is -2.33. The SMILES string of the molecule is COc1nc(C2CC(O)C2)ccc1[C@H](C)N1C(=O)c2ccccc2C1=O. The minimum atomic E-state index is -0.495. The minimum Gasteiger partial charge on any atom is -0.481 e. The summed E-state index contributed by atoms with van der Waals surface area (Å²) in [6.07, 6.45) is 1.14. The molecule has 1 aliphatic heterocycles. The zero-order chi connectivity index (χ0) is 18.4. The largest absolute Gasteiger partial charge is 0.481 e. The van der Waals surface area contributed by atoms with E-state index in [4.69, 9.17) is 4.74 Å². The van der Waals surface area contributed by atoms with Gasteiger partial charge in [0.05, 0.1) is 30.4 Å². The summed E-state index contributed by atoms with van der Waals surface area (Å²) in [5.41, 5.74) is 2.41. The van der Waals surface area contributed by atoms with Crippen LogP contribution in [0.3, 0.4) is 0 Å². The number of fused-ring (bicyclic) bond motifs is 1. The van der Waals surface area contributed by atoms with E-state index >= 15 is 0 Å². The van der Waals surface area contributed by atoms with Crippen molar-refractivity contribution in [2.24, 2.45) is 0 Å². The number of hydrogen-bond donors (Lipinski definition) is 1. The Hall–Kier alpha value is -2.73. The van der Waals surface area contributed by atoms with Crippen molar-refractivity contribution >= 4 is 11.8 Å². The number of pyridine rings is 1. The fourth-order valence-electron chi connectivity index (χ4n) is 3.70. The van der Waals surface area contributed by atoms with Gasteiger partial charge in [-0.2, -0.15) is 0 Å². The first kappa shape index (κ1) is 16.7. The summed E-state index contributed by atoms with van der Waals surface area (Å²) in [6, 6.07) is 10.1. The number of methoxy groups -OCH3 is 1. The molecule has 0 radical (unpaired) electrons. The first-order chi connectivity index (χ1) is 12.5.